The average Bonchev–Trinajstić information content (AvgIpc) is 2.78. The first-order valence-corrected chi connectivity index (χ1v) is 11.3. The molecular formula is C15H29NO3Si. The largest absolute Gasteiger partial charge is 0.464 e. The molecular weight excluding hydrogens is 270 g/mol. The van der Waals surface area contributed by atoms with Crippen LogP contribution in [-0.4, -0.2) is 32.6 Å². The van der Waals surface area contributed by atoms with E-state index in [4.69, 9.17) is 4.74 Å². The molecule has 0 aliphatic carbocycles. The fourth-order valence-corrected chi connectivity index (χ4v) is 5.33. The van der Waals surface area contributed by atoms with Gasteiger partial charge in [0.25, 0.3) is 0 Å². The molecule has 1 rings (SSSR count). The standard InChI is InChI=1S/C15H29NO3Si/c1-4-5-11-20(2,3)12-7-6-8-14(17)16-13-9-10-19-15(13)18/h13H,4-12H2,1-3H3,(H,16,17)/t13-/m0/s1. The Kier molecular flexibility index (Phi) is 7.27. The zero-order chi connectivity index (χ0) is 15.0. The second kappa shape index (κ2) is 8.45. The van der Waals surface area contributed by atoms with E-state index >= 15 is 0 Å². The van der Waals surface area contributed by atoms with Crippen molar-refractivity contribution in [2.75, 3.05) is 6.61 Å². The van der Waals surface area contributed by atoms with Crippen molar-refractivity contribution < 1.29 is 14.3 Å². The van der Waals surface area contributed by atoms with Gasteiger partial charge in [-0.05, 0) is 6.42 Å². The molecule has 1 atom stereocenters. The maximum atomic E-state index is 11.7. The number of amides is 1. The quantitative estimate of drug-likeness (QED) is 0.404. The van der Waals surface area contributed by atoms with Gasteiger partial charge in [-0.1, -0.05) is 51.4 Å². The number of ether oxygens (including phenoxy) is 1. The van der Waals surface area contributed by atoms with Crippen molar-refractivity contribution in [3.8, 4) is 0 Å². The Balaban J connectivity index is 2.11. The normalized spacial score (nSPS) is 18.9. The van der Waals surface area contributed by atoms with Gasteiger partial charge in [-0.3, -0.25) is 4.79 Å². The number of unbranched alkanes of at least 4 members (excludes halogenated alkanes) is 2. The summed E-state index contributed by atoms with van der Waals surface area (Å²) in [5.41, 5.74) is 0. The smallest absolute Gasteiger partial charge is 0.328 e. The lowest BCUT2D eigenvalue weighted by atomic mass is 10.2. The third-order valence-electron chi connectivity index (χ3n) is 3.99. The maximum absolute atomic E-state index is 11.7. The van der Waals surface area contributed by atoms with Crippen LogP contribution in [0.3, 0.4) is 0 Å². The Morgan fingerprint density at radius 2 is 2.00 bits per heavy atom. The molecule has 1 saturated heterocycles. The molecule has 0 aromatic heterocycles. The molecule has 0 unspecified atom stereocenters. The molecule has 1 N–H and O–H groups in total. The monoisotopic (exact) mass is 299 g/mol. The van der Waals surface area contributed by atoms with Crippen LogP contribution >= 0.6 is 0 Å². The Labute approximate surface area is 123 Å². The summed E-state index contributed by atoms with van der Waals surface area (Å²) in [6.45, 7) is 7.55. The molecule has 1 aliphatic rings. The first-order valence-electron chi connectivity index (χ1n) is 7.90. The van der Waals surface area contributed by atoms with Gasteiger partial charge < -0.3 is 10.1 Å². The number of carbonyl (C=O) groups excluding carboxylic acids is 2. The lowest BCUT2D eigenvalue weighted by Crippen LogP contribution is -2.37. The van der Waals surface area contributed by atoms with Crippen molar-refractivity contribution in [3.63, 3.8) is 0 Å². The van der Waals surface area contributed by atoms with Crippen LogP contribution < -0.4 is 5.32 Å². The fraction of sp³-hybridized carbons (Fsp3) is 0.867. The van der Waals surface area contributed by atoms with Gasteiger partial charge >= 0.3 is 5.97 Å². The van der Waals surface area contributed by atoms with Gasteiger partial charge in [-0.2, -0.15) is 0 Å². The Bertz CT molecular complexity index is 331. The number of esters is 1. The van der Waals surface area contributed by atoms with E-state index in [0.29, 0.717) is 19.4 Å². The lowest BCUT2D eigenvalue weighted by Gasteiger charge is -2.21. The zero-order valence-electron chi connectivity index (χ0n) is 13.2. The molecule has 20 heavy (non-hydrogen) atoms. The summed E-state index contributed by atoms with van der Waals surface area (Å²) in [6.07, 6.45) is 5.81. The molecule has 1 amide bonds. The molecule has 1 aliphatic heterocycles. The SMILES string of the molecule is CCCC[Si](C)(C)CCCCC(=O)N[C@H]1CCOC1=O. The maximum Gasteiger partial charge on any atom is 0.328 e. The van der Waals surface area contributed by atoms with Crippen LogP contribution in [0, 0.1) is 0 Å². The molecule has 1 heterocycles. The molecule has 5 heteroatoms. The van der Waals surface area contributed by atoms with Gasteiger partial charge in [-0.25, -0.2) is 4.79 Å². The molecule has 0 bridgehead atoms. The van der Waals surface area contributed by atoms with E-state index in [1.807, 2.05) is 0 Å². The summed E-state index contributed by atoms with van der Waals surface area (Å²) in [5.74, 6) is -0.298. The van der Waals surface area contributed by atoms with Crippen LogP contribution in [0.15, 0.2) is 0 Å². The third-order valence-corrected chi connectivity index (χ3v) is 7.40. The van der Waals surface area contributed by atoms with Gasteiger partial charge in [0.15, 0.2) is 0 Å². The number of cyclic esters (lactones) is 1. The van der Waals surface area contributed by atoms with Crippen molar-refractivity contribution in [3.05, 3.63) is 0 Å². The van der Waals surface area contributed by atoms with Crippen molar-refractivity contribution in [2.45, 2.75) is 76.7 Å². The number of rotatable bonds is 9. The topological polar surface area (TPSA) is 55.4 Å². The Morgan fingerprint density at radius 1 is 1.30 bits per heavy atom. The van der Waals surface area contributed by atoms with E-state index in [1.165, 1.54) is 24.9 Å². The third kappa shape index (κ3) is 6.55. The predicted octanol–water partition coefficient (Wildman–Crippen LogP) is 3.10. The van der Waals surface area contributed by atoms with Crippen molar-refractivity contribution in [1.82, 2.24) is 5.32 Å². The summed E-state index contributed by atoms with van der Waals surface area (Å²) in [7, 11) is -1.05. The molecule has 1 fully saturated rings. The highest BCUT2D eigenvalue weighted by molar-refractivity contribution is 6.77. The summed E-state index contributed by atoms with van der Waals surface area (Å²) >= 11 is 0. The van der Waals surface area contributed by atoms with Gasteiger partial charge in [0.1, 0.15) is 6.04 Å². The van der Waals surface area contributed by atoms with Crippen molar-refractivity contribution >= 4 is 20.0 Å². The Hall–Kier alpha value is -0.843. The van der Waals surface area contributed by atoms with Gasteiger partial charge in [0, 0.05) is 20.9 Å². The summed E-state index contributed by atoms with van der Waals surface area (Å²) < 4.78 is 4.83. The number of nitrogens with one attached hydrogen (secondary N) is 1. The fourth-order valence-electron chi connectivity index (χ4n) is 2.56. The van der Waals surface area contributed by atoms with Gasteiger partial charge in [0.05, 0.1) is 6.61 Å². The number of carbonyl (C=O) groups is 2. The first-order chi connectivity index (χ1) is 9.44. The molecule has 0 saturated carbocycles. The Morgan fingerprint density at radius 3 is 2.60 bits per heavy atom. The van der Waals surface area contributed by atoms with E-state index in [-0.39, 0.29) is 11.9 Å². The second-order valence-corrected chi connectivity index (χ2v) is 11.9. The molecule has 0 spiro atoms. The van der Waals surface area contributed by atoms with E-state index < -0.39 is 14.1 Å². The molecule has 4 nitrogen and oxygen atoms in total. The summed E-state index contributed by atoms with van der Waals surface area (Å²) in [5, 5.41) is 2.76. The van der Waals surface area contributed by atoms with Crippen LogP contribution in [0.4, 0.5) is 0 Å². The average molecular weight is 299 g/mol. The molecule has 116 valence electrons. The molecule has 0 radical (unpaired) electrons. The highest BCUT2D eigenvalue weighted by Gasteiger charge is 2.27. The highest BCUT2D eigenvalue weighted by atomic mass is 28.3. The second-order valence-electron chi connectivity index (χ2n) is 6.55. The van der Waals surface area contributed by atoms with E-state index in [9.17, 15) is 9.59 Å². The zero-order valence-corrected chi connectivity index (χ0v) is 14.2. The summed E-state index contributed by atoms with van der Waals surface area (Å²) in [4.78, 5) is 23.0. The van der Waals surface area contributed by atoms with Crippen LogP contribution in [0.2, 0.25) is 25.2 Å². The minimum atomic E-state index is -1.05. The van der Waals surface area contributed by atoms with Crippen molar-refractivity contribution in [1.29, 1.82) is 0 Å². The number of hydrogen-bond donors (Lipinski definition) is 1. The summed E-state index contributed by atoms with van der Waals surface area (Å²) in [6, 6.07) is 2.29. The minimum absolute atomic E-state index is 0.0121. The molecule has 0 aromatic rings. The van der Waals surface area contributed by atoms with Crippen LogP contribution in [0.1, 0.15) is 45.4 Å². The molecule has 0 aromatic carbocycles. The lowest BCUT2D eigenvalue weighted by molar-refractivity contribution is -0.141. The first kappa shape index (κ1) is 17.2. The van der Waals surface area contributed by atoms with E-state index in [1.54, 1.807) is 0 Å². The van der Waals surface area contributed by atoms with E-state index in [2.05, 4.69) is 25.3 Å². The predicted molar refractivity (Wildman–Crippen MR) is 83.4 cm³/mol. The van der Waals surface area contributed by atoms with Gasteiger partial charge in [-0.15, -0.1) is 0 Å². The van der Waals surface area contributed by atoms with Crippen LogP contribution in [0.25, 0.3) is 0 Å². The minimum Gasteiger partial charge on any atom is -0.464 e. The van der Waals surface area contributed by atoms with Crippen LogP contribution in [-0.2, 0) is 14.3 Å². The highest BCUT2D eigenvalue weighted by Crippen LogP contribution is 2.21. The van der Waals surface area contributed by atoms with Gasteiger partial charge in [0.2, 0.25) is 5.91 Å². The number of hydrogen-bond acceptors (Lipinski definition) is 3. The van der Waals surface area contributed by atoms with E-state index in [0.717, 1.165) is 12.8 Å². The van der Waals surface area contributed by atoms with Crippen molar-refractivity contribution in [2.24, 2.45) is 0 Å². The van der Waals surface area contributed by atoms with Crippen LogP contribution in [0.5, 0.6) is 0 Å².